The summed E-state index contributed by atoms with van der Waals surface area (Å²) in [6.07, 6.45) is 0. The van der Waals surface area contributed by atoms with E-state index < -0.39 is 17.6 Å². The van der Waals surface area contributed by atoms with Gasteiger partial charge in [0, 0.05) is 0 Å². The monoisotopic (exact) mass is 172 g/mol. The van der Waals surface area contributed by atoms with Crippen molar-refractivity contribution >= 4 is 5.97 Å². The summed E-state index contributed by atoms with van der Waals surface area (Å²) in [5.41, 5.74) is -0.00435. The number of halogens is 2. The van der Waals surface area contributed by atoms with Gasteiger partial charge in [0.15, 0.2) is 11.6 Å². The van der Waals surface area contributed by atoms with Gasteiger partial charge in [-0.15, -0.1) is 0 Å². The maximum Gasteiger partial charge on any atom is 0.336 e. The summed E-state index contributed by atoms with van der Waals surface area (Å²) < 4.78 is 24.9. The molecule has 0 fully saturated rings. The molecule has 0 radical (unpaired) electrons. The lowest BCUT2D eigenvalue weighted by Crippen LogP contribution is -2.01. The van der Waals surface area contributed by atoms with E-state index in [2.05, 4.69) is 0 Å². The lowest BCUT2D eigenvalue weighted by atomic mass is 10.1. The highest BCUT2D eigenvalue weighted by Crippen LogP contribution is 2.13. The van der Waals surface area contributed by atoms with E-state index in [9.17, 15) is 13.6 Å². The molecule has 1 rings (SSSR count). The topological polar surface area (TPSA) is 37.3 Å². The minimum atomic E-state index is -1.26. The zero-order valence-corrected chi connectivity index (χ0v) is 6.27. The largest absolute Gasteiger partial charge is 0.478 e. The van der Waals surface area contributed by atoms with Gasteiger partial charge in [-0.25, -0.2) is 13.6 Å². The third kappa shape index (κ3) is 1.42. The quantitative estimate of drug-likeness (QED) is 0.703. The van der Waals surface area contributed by atoms with E-state index in [-0.39, 0.29) is 11.1 Å². The lowest BCUT2D eigenvalue weighted by Gasteiger charge is -2.00. The second-order valence-corrected chi connectivity index (χ2v) is 2.39. The first-order chi connectivity index (χ1) is 5.52. The average Bonchev–Trinajstić information content (AvgIpc) is 1.96. The van der Waals surface area contributed by atoms with Crippen LogP contribution >= 0.6 is 0 Å². The van der Waals surface area contributed by atoms with Crippen LogP contribution < -0.4 is 0 Å². The maximum absolute atomic E-state index is 12.5. The number of hydrogen-bond acceptors (Lipinski definition) is 1. The smallest absolute Gasteiger partial charge is 0.336 e. The molecule has 2 nitrogen and oxygen atoms in total. The molecule has 0 unspecified atom stereocenters. The van der Waals surface area contributed by atoms with Crippen molar-refractivity contribution in [3.8, 4) is 0 Å². The summed E-state index contributed by atoms with van der Waals surface area (Å²) in [4.78, 5) is 10.4. The van der Waals surface area contributed by atoms with Crippen LogP contribution in [0.25, 0.3) is 0 Å². The van der Waals surface area contributed by atoms with Gasteiger partial charge in [-0.3, -0.25) is 0 Å². The molecular weight excluding hydrogens is 166 g/mol. The van der Waals surface area contributed by atoms with Crippen LogP contribution in [0.3, 0.4) is 0 Å². The first-order valence-electron chi connectivity index (χ1n) is 3.21. The van der Waals surface area contributed by atoms with Crippen molar-refractivity contribution in [3.05, 3.63) is 34.9 Å². The fourth-order valence-corrected chi connectivity index (χ4v) is 0.877. The number of carboxylic acids is 1. The average molecular weight is 172 g/mol. The molecule has 0 spiro atoms. The van der Waals surface area contributed by atoms with Crippen molar-refractivity contribution in [2.75, 3.05) is 0 Å². The summed E-state index contributed by atoms with van der Waals surface area (Å²) in [5.74, 6) is -3.43. The highest BCUT2D eigenvalue weighted by atomic mass is 19.2. The van der Waals surface area contributed by atoms with Crippen molar-refractivity contribution < 1.29 is 18.7 Å². The van der Waals surface area contributed by atoms with Gasteiger partial charge < -0.3 is 5.11 Å². The van der Waals surface area contributed by atoms with Crippen LogP contribution in [0.2, 0.25) is 0 Å². The first kappa shape index (κ1) is 8.64. The Balaban J connectivity index is 3.33. The number of rotatable bonds is 1. The van der Waals surface area contributed by atoms with E-state index in [4.69, 9.17) is 5.11 Å². The molecule has 0 amide bonds. The Kier molecular flexibility index (Phi) is 2.08. The molecule has 64 valence electrons. The third-order valence-corrected chi connectivity index (χ3v) is 1.50. The molecule has 1 aromatic rings. The molecule has 0 heterocycles. The van der Waals surface area contributed by atoms with Crippen LogP contribution in [0, 0.1) is 18.6 Å². The highest BCUT2D eigenvalue weighted by molar-refractivity contribution is 5.89. The Labute approximate surface area is 67.4 Å². The van der Waals surface area contributed by atoms with Gasteiger partial charge in [0.1, 0.15) is 0 Å². The molecule has 1 N–H and O–H groups in total. The molecule has 0 aliphatic carbocycles. The SMILES string of the molecule is Cc1cc(F)c(F)cc1C(=O)O. The van der Waals surface area contributed by atoms with Gasteiger partial charge in [0.25, 0.3) is 0 Å². The minimum absolute atomic E-state index is 0.210. The van der Waals surface area contributed by atoms with Gasteiger partial charge >= 0.3 is 5.97 Å². The van der Waals surface area contributed by atoms with Crippen molar-refractivity contribution in [3.63, 3.8) is 0 Å². The fourth-order valence-electron chi connectivity index (χ4n) is 0.877. The molecule has 0 aliphatic rings. The van der Waals surface area contributed by atoms with Crippen molar-refractivity contribution in [2.24, 2.45) is 0 Å². The number of aromatic carboxylic acids is 1. The van der Waals surface area contributed by atoms with E-state index in [0.717, 1.165) is 6.07 Å². The van der Waals surface area contributed by atoms with Gasteiger partial charge in [0.05, 0.1) is 5.56 Å². The third-order valence-electron chi connectivity index (χ3n) is 1.50. The summed E-state index contributed by atoms with van der Waals surface area (Å²) in [5, 5.41) is 8.49. The van der Waals surface area contributed by atoms with Crippen LogP contribution in [0.1, 0.15) is 15.9 Å². The number of hydrogen-bond donors (Lipinski definition) is 1. The predicted molar refractivity (Wildman–Crippen MR) is 38.1 cm³/mol. The molecule has 0 atom stereocenters. The second-order valence-electron chi connectivity index (χ2n) is 2.39. The van der Waals surface area contributed by atoms with E-state index in [1.165, 1.54) is 6.92 Å². The fraction of sp³-hybridized carbons (Fsp3) is 0.125. The minimum Gasteiger partial charge on any atom is -0.478 e. The molecule has 0 aromatic heterocycles. The predicted octanol–water partition coefficient (Wildman–Crippen LogP) is 1.97. The molecule has 0 aliphatic heterocycles. The summed E-state index contributed by atoms with van der Waals surface area (Å²) in [6.45, 7) is 1.41. The van der Waals surface area contributed by atoms with Crippen LogP contribution in [0.15, 0.2) is 12.1 Å². The zero-order chi connectivity index (χ0) is 9.30. The number of benzene rings is 1. The van der Waals surface area contributed by atoms with Gasteiger partial charge in [-0.2, -0.15) is 0 Å². The highest BCUT2D eigenvalue weighted by Gasteiger charge is 2.11. The van der Waals surface area contributed by atoms with Gasteiger partial charge in [-0.1, -0.05) is 0 Å². The van der Waals surface area contributed by atoms with Crippen LogP contribution in [-0.4, -0.2) is 11.1 Å². The molecular formula is C8H6F2O2. The molecule has 0 bridgehead atoms. The van der Waals surface area contributed by atoms with E-state index in [1.54, 1.807) is 0 Å². The summed E-state index contributed by atoms with van der Waals surface area (Å²) in [6, 6.07) is 1.53. The van der Waals surface area contributed by atoms with E-state index >= 15 is 0 Å². The van der Waals surface area contributed by atoms with E-state index in [1.807, 2.05) is 0 Å². The number of carbonyl (C=O) groups is 1. The molecule has 0 saturated heterocycles. The first-order valence-corrected chi connectivity index (χ1v) is 3.21. The summed E-state index contributed by atoms with van der Waals surface area (Å²) >= 11 is 0. The lowest BCUT2D eigenvalue weighted by molar-refractivity contribution is 0.0695. The number of carboxylic acid groups (broad SMARTS) is 1. The van der Waals surface area contributed by atoms with Crippen LogP contribution in [0.4, 0.5) is 8.78 Å². The van der Waals surface area contributed by atoms with Gasteiger partial charge in [0.2, 0.25) is 0 Å². The number of aryl methyl sites for hydroxylation is 1. The Bertz CT molecular complexity index is 334. The Morgan fingerprint density at radius 2 is 1.83 bits per heavy atom. The van der Waals surface area contributed by atoms with Gasteiger partial charge in [-0.05, 0) is 24.6 Å². The normalized spacial score (nSPS) is 9.92. The zero-order valence-electron chi connectivity index (χ0n) is 6.27. The molecule has 0 saturated carbocycles. The Hall–Kier alpha value is -1.45. The molecule has 12 heavy (non-hydrogen) atoms. The van der Waals surface area contributed by atoms with Crippen molar-refractivity contribution in [1.82, 2.24) is 0 Å². The van der Waals surface area contributed by atoms with Crippen LogP contribution in [-0.2, 0) is 0 Å². The molecule has 1 aromatic carbocycles. The van der Waals surface area contributed by atoms with Crippen molar-refractivity contribution in [2.45, 2.75) is 6.92 Å². The Morgan fingerprint density at radius 1 is 1.33 bits per heavy atom. The van der Waals surface area contributed by atoms with Crippen molar-refractivity contribution in [1.29, 1.82) is 0 Å². The maximum atomic E-state index is 12.5. The molecule has 4 heteroatoms. The standard InChI is InChI=1S/C8H6F2O2/c1-4-2-6(9)7(10)3-5(4)8(11)12/h2-3H,1H3,(H,11,12). The summed E-state index contributed by atoms with van der Waals surface area (Å²) in [7, 11) is 0. The second kappa shape index (κ2) is 2.89. The van der Waals surface area contributed by atoms with Crippen LogP contribution in [0.5, 0.6) is 0 Å². The Morgan fingerprint density at radius 3 is 2.33 bits per heavy atom. The van der Waals surface area contributed by atoms with E-state index in [0.29, 0.717) is 6.07 Å².